The number of nitrogens with zero attached hydrogens (tertiary/aromatic N) is 1. The van der Waals surface area contributed by atoms with Crippen molar-refractivity contribution in [1.29, 1.82) is 0 Å². The molecule has 5 heteroatoms. The topological polar surface area (TPSA) is 20.3 Å². The Labute approximate surface area is 132 Å². The van der Waals surface area contributed by atoms with Crippen molar-refractivity contribution < 1.29 is 4.79 Å². The van der Waals surface area contributed by atoms with Crippen LogP contribution in [-0.2, 0) is 4.79 Å². The minimum atomic E-state index is -0.705. The summed E-state index contributed by atoms with van der Waals surface area (Å²) in [6, 6.07) is 5.41. The number of amides is 1. The number of likely N-dealkylation sites (tertiary alicyclic amines) is 1. The van der Waals surface area contributed by atoms with Crippen LogP contribution in [0.1, 0.15) is 36.6 Å². The van der Waals surface area contributed by atoms with Crippen molar-refractivity contribution in [3.05, 3.63) is 33.3 Å². The number of hydrogen-bond donors (Lipinski definition) is 0. The summed E-state index contributed by atoms with van der Waals surface area (Å²) in [7, 11) is 0. The normalized spacial score (nSPS) is 17.9. The molecule has 1 atom stereocenters. The van der Waals surface area contributed by atoms with Gasteiger partial charge in [0.15, 0.2) is 0 Å². The predicted molar refractivity (Wildman–Crippen MR) is 82.8 cm³/mol. The fraction of sp³-hybridized carbons (Fsp3) is 0.500. The van der Waals surface area contributed by atoms with Gasteiger partial charge in [-0.1, -0.05) is 40.4 Å². The minimum Gasteiger partial charge on any atom is -0.341 e. The fourth-order valence-electron chi connectivity index (χ4n) is 2.29. The highest BCUT2D eigenvalue weighted by Gasteiger charge is 2.26. The van der Waals surface area contributed by atoms with Crippen molar-refractivity contribution >= 4 is 45.0 Å². The highest BCUT2D eigenvalue weighted by Crippen LogP contribution is 2.32. The Morgan fingerprint density at radius 3 is 2.47 bits per heavy atom. The molecule has 0 saturated carbocycles. The van der Waals surface area contributed by atoms with Crippen molar-refractivity contribution in [2.24, 2.45) is 0 Å². The van der Waals surface area contributed by atoms with Crippen molar-refractivity contribution in [2.45, 2.75) is 31.1 Å². The van der Waals surface area contributed by atoms with Crippen LogP contribution >= 0.6 is 39.1 Å². The Kier molecular flexibility index (Phi) is 5.55. The first-order valence-electron chi connectivity index (χ1n) is 6.47. The van der Waals surface area contributed by atoms with Crippen LogP contribution in [0.2, 0.25) is 5.02 Å². The average Bonchev–Trinajstić information content (AvgIpc) is 2.69. The number of alkyl halides is 1. The molecule has 1 aliphatic heterocycles. The van der Waals surface area contributed by atoms with Crippen LogP contribution in [0.4, 0.5) is 0 Å². The molecule has 1 unspecified atom stereocenters. The maximum Gasteiger partial charge on any atom is 0.245 e. The van der Waals surface area contributed by atoms with Gasteiger partial charge in [-0.2, -0.15) is 0 Å². The van der Waals surface area contributed by atoms with E-state index in [1.807, 2.05) is 17.0 Å². The van der Waals surface area contributed by atoms with Gasteiger partial charge in [0.05, 0.1) is 0 Å². The zero-order valence-corrected chi connectivity index (χ0v) is 13.6. The van der Waals surface area contributed by atoms with Crippen molar-refractivity contribution in [1.82, 2.24) is 4.90 Å². The molecule has 1 heterocycles. The molecule has 1 amide bonds. The van der Waals surface area contributed by atoms with Crippen LogP contribution in [0.3, 0.4) is 0 Å². The molecule has 1 aliphatic rings. The third-order valence-corrected chi connectivity index (χ3v) is 4.62. The fourth-order valence-corrected chi connectivity index (χ4v) is 3.27. The van der Waals surface area contributed by atoms with Crippen molar-refractivity contribution in [3.63, 3.8) is 0 Å². The number of carbonyl (C=O) groups excluding carboxylic acids is 1. The standard InChI is InChI=1S/C14H16BrCl2NO/c15-10-5-6-12(16)11(9-10)13(17)14(19)18-7-3-1-2-4-8-18/h5-6,9,13H,1-4,7-8H2. The van der Waals surface area contributed by atoms with Crippen LogP contribution in [0.25, 0.3) is 0 Å². The minimum absolute atomic E-state index is 0.0384. The second-order valence-corrected chi connectivity index (χ2v) is 6.53. The van der Waals surface area contributed by atoms with Gasteiger partial charge in [0, 0.05) is 22.6 Å². The average molecular weight is 365 g/mol. The van der Waals surface area contributed by atoms with Crippen LogP contribution in [0.15, 0.2) is 22.7 Å². The van der Waals surface area contributed by atoms with Crippen LogP contribution in [0, 0.1) is 0 Å². The van der Waals surface area contributed by atoms with E-state index in [0.717, 1.165) is 30.4 Å². The maximum atomic E-state index is 12.4. The van der Waals surface area contributed by atoms with Crippen LogP contribution < -0.4 is 0 Å². The van der Waals surface area contributed by atoms with E-state index in [1.54, 1.807) is 6.07 Å². The SMILES string of the molecule is O=C(C(Cl)c1cc(Br)ccc1Cl)N1CCCCCC1. The lowest BCUT2D eigenvalue weighted by molar-refractivity contribution is -0.130. The Morgan fingerprint density at radius 1 is 1.21 bits per heavy atom. The zero-order valence-electron chi connectivity index (χ0n) is 10.5. The van der Waals surface area contributed by atoms with E-state index < -0.39 is 5.38 Å². The summed E-state index contributed by atoms with van der Waals surface area (Å²) < 4.78 is 0.876. The molecule has 1 fully saturated rings. The molecule has 0 radical (unpaired) electrons. The lowest BCUT2D eigenvalue weighted by Crippen LogP contribution is -2.34. The third kappa shape index (κ3) is 3.87. The molecule has 1 saturated heterocycles. The number of hydrogen-bond acceptors (Lipinski definition) is 1. The molecular weight excluding hydrogens is 349 g/mol. The van der Waals surface area contributed by atoms with Crippen LogP contribution in [-0.4, -0.2) is 23.9 Å². The molecule has 0 aliphatic carbocycles. The highest BCUT2D eigenvalue weighted by molar-refractivity contribution is 9.10. The third-order valence-electron chi connectivity index (χ3n) is 3.37. The summed E-state index contributed by atoms with van der Waals surface area (Å²) in [6.45, 7) is 1.60. The Bertz CT molecular complexity index is 459. The summed E-state index contributed by atoms with van der Waals surface area (Å²) >= 11 is 15.8. The molecule has 1 aromatic carbocycles. The van der Waals surface area contributed by atoms with Gasteiger partial charge in [-0.15, -0.1) is 11.6 Å². The van der Waals surface area contributed by atoms with Gasteiger partial charge in [-0.3, -0.25) is 4.79 Å². The van der Waals surface area contributed by atoms with E-state index in [9.17, 15) is 4.79 Å². The molecule has 2 rings (SSSR count). The summed E-state index contributed by atoms with van der Waals surface area (Å²) in [4.78, 5) is 14.3. The number of halogens is 3. The summed E-state index contributed by atoms with van der Waals surface area (Å²) in [5.41, 5.74) is 0.673. The summed E-state index contributed by atoms with van der Waals surface area (Å²) in [6.07, 6.45) is 4.49. The first-order chi connectivity index (χ1) is 9.09. The molecule has 19 heavy (non-hydrogen) atoms. The van der Waals surface area contributed by atoms with Crippen LogP contribution in [0.5, 0.6) is 0 Å². The van der Waals surface area contributed by atoms with Gasteiger partial charge in [0.25, 0.3) is 0 Å². The van der Waals surface area contributed by atoms with Gasteiger partial charge in [-0.05, 0) is 36.6 Å². The lowest BCUT2D eigenvalue weighted by atomic mass is 10.1. The number of carbonyl (C=O) groups is 1. The molecule has 0 spiro atoms. The first-order valence-corrected chi connectivity index (χ1v) is 8.08. The van der Waals surface area contributed by atoms with Crippen molar-refractivity contribution in [3.8, 4) is 0 Å². The smallest absolute Gasteiger partial charge is 0.245 e. The Hall–Kier alpha value is -0.250. The zero-order chi connectivity index (χ0) is 13.8. The summed E-state index contributed by atoms with van der Waals surface area (Å²) in [5, 5.41) is -0.172. The highest BCUT2D eigenvalue weighted by atomic mass is 79.9. The van der Waals surface area contributed by atoms with E-state index in [0.29, 0.717) is 10.6 Å². The molecule has 0 N–H and O–H groups in total. The van der Waals surface area contributed by atoms with Gasteiger partial charge in [0.2, 0.25) is 5.91 Å². The maximum absolute atomic E-state index is 12.4. The van der Waals surface area contributed by atoms with E-state index >= 15 is 0 Å². The molecule has 2 nitrogen and oxygen atoms in total. The predicted octanol–water partition coefficient (Wildman–Crippen LogP) is 4.79. The Balaban J connectivity index is 2.15. The summed E-state index contributed by atoms with van der Waals surface area (Å²) in [5.74, 6) is -0.0384. The first kappa shape index (κ1) is 15.1. The second kappa shape index (κ2) is 6.96. The molecule has 0 bridgehead atoms. The lowest BCUT2D eigenvalue weighted by Gasteiger charge is -2.23. The van der Waals surface area contributed by atoms with E-state index in [2.05, 4.69) is 15.9 Å². The number of rotatable bonds is 2. The van der Waals surface area contributed by atoms with Gasteiger partial charge < -0.3 is 4.90 Å². The van der Waals surface area contributed by atoms with E-state index in [-0.39, 0.29) is 5.91 Å². The van der Waals surface area contributed by atoms with E-state index in [4.69, 9.17) is 23.2 Å². The van der Waals surface area contributed by atoms with Gasteiger partial charge in [0.1, 0.15) is 5.38 Å². The monoisotopic (exact) mass is 363 g/mol. The second-order valence-electron chi connectivity index (χ2n) is 4.77. The molecule has 1 aromatic rings. The molecule has 104 valence electrons. The molecule has 0 aromatic heterocycles. The largest absolute Gasteiger partial charge is 0.341 e. The number of benzene rings is 1. The van der Waals surface area contributed by atoms with E-state index in [1.165, 1.54) is 12.8 Å². The van der Waals surface area contributed by atoms with Crippen molar-refractivity contribution in [2.75, 3.05) is 13.1 Å². The quantitative estimate of drug-likeness (QED) is 0.691. The van der Waals surface area contributed by atoms with Gasteiger partial charge in [-0.25, -0.2) is 0 Å². The molecular formula is C14H16BrCl2NO. The Morgan fingerprint density at radius 2 is 1.84 bits per heavy atom. The van der Waals surface area contributed by atoms with Gasteiger partial charge >= 0.3 is 0 Å².